The maximum atomic E-state index is 13.0. The number of hydrogen-bond donors (Lipinski definition) is 3. The van der Waals surface area contributed by atoms with E-state index >= 15 is 0 Å². The molecule has 0 spiro atoms. The third kappa shape index (κ3) is 6.63. The van der Waals surface area contributed by atoms with Gasteiger partial charge in [0.1, 0.15) is 12.4 Å². The second-order valence-electron chi connectivity index (χ2n) is 6.09. The maximum Gasteiger partial charge on any atom is 0.166 e. The molecule has 3 N–H and O–H groups in total. The number of aliphatic hydroxyl groups excluding tert-OH is 1. The van der Waals surface area contributed by atoms with Crippen molar-refractivity contribution in [3.8, 4) is 11.5 Å². The summed E-state index contributed by atoms with van der Waals surface area (Å²) < 4.78 is 24.4. The van der Waals surface area contributed by atoms with Crippen molar-refractivity contribution in [2.24, 2.45) is 0 Å². The zero-order valence-electron chi connectivity index (χ0n) is 15.3. The average molecular weight is 362 g/mol. The summed E-state index contributed by atoms with van der Waals surface area (Å²) in [5, 5.41) is 15.7. The van der Waals surface area contributed by atoms with Crippen molar-refractivity contribution in [2.75, 3.05) is 26.7 Å². The van der Waals surface area contributed by atoms with Gasteiger partial charge in [-0.15, -0.1) is 0 Å². The molecule has 0 radical (unpaired) electrons. The molecule has 6 heteroatoms. The molecule has 0 saturated carbocycles. The molecule has 2 aromatic carbocycles. The summed E-state index contributed by atoms with van der Waals surface area (Å²) in [6.45, 7) is 4.83. The van der Waals surface area contributed by atoms with Crippen LogP contribution in [-0.4, -0.2) is 38.0 Å². The summed E-state index contributed by atoms with van der Waals surface area (Å²) in [5.41, 5.74) is 1.88. The lowest BCUT2D eigenvalue weighted by Gasteiger charge is -2.16. The summed E-state index contributed by atoms with van der Waals surface area (Å²) in [5.74, 6) is 1.09. The Bertz CT molecular complexity index is 663. The normalized spacial score (nSPS) is 12.0. The molecule has 0 aliphatic carbocycles. The number of aliphatic hydroxyl groups is 1. The largest absolute Gasteiger partial charge is 0.493 e. The van der Waals surface area contributed by atoms with Gasteiger partial charge in [-0.1, -0.05) is 24.3 Å². The van der Waals surface area contributed by atoms with E-state index in [1.807, 2.05) is 18.2 Å². The van der Waals surface area contributed by atoms with Gasteiger partial charge in [-0.25, -0.2) is 4.39 Å². The highest BCUT2D eigenvalue weighted by molar-refractivity contribution is 5.46. The standard InChI is InChI=1S/C20H27FN2O3/c1-15(24)12-22-10-11-23-13-17-4-3-5-19(25-2)20(17)26-14-16-6-8-18(21)9-7-16/h3-9,15,22-24H,10-14H2,1-2H3/t15-/m0/s1. The second kappa shape index (κ2) is 10.8. The fourth-order valence-electron chi connectivity index (χ4n) is 2.47. The zero-order chi connectivity index (χ0) is 18.8. The Kier molecular flexibility index (Phi) is 8.34. The number of benzene rings is 2. The molecule has 26 heavy (non-hydrogen) atoms. The third-order valence-corrected chi connectivity index (χ3v) is 3.81. The van der Waals surface area contributed by atoms with Crippen molar-refractivity contribution in [3.05, 3.63) is 59.4 Å². The molecule has 1 atom stereocenters. The fourth-order valence-corrected chi connectivity index (χ4v) is 2.47. The van der Waals surface area contributed by atoms with Gasteiger partial charge in [-0.3, -0.25) is 0 Å². The number of nitrogens with one attached hydrogen (secondary N) is 2. The van der Waals surface area contributed by atoms with E-state index in [0.29, 0.717) is 31.2 Å². The van der Waals surface area contributed by atoms with Crippen molar-refractivity contribution in [3.63, 3.8) is 0 Å². The smallest absolute Gasteiger partial charge is 0.166 e. The zero-order valence-corrected chi connectivity index (χ0v) is 15.3. The van der Waals surface area contributed by atoms with Gasteiger partial charge < -0.3 is 25.2 Å². The quantitative estimate of drug-likeness (QED) is 0.536. The summed E-state index contributed by atoms with van der Waals surface area (Å²) in [4.78, 5) is 0. The molecule has 0 bridgehead atoms. The van der Waals surface area contributed by atoms with E-state index in [2.05, 4.69) is 10.6 Å². The van der Waals surface area contributed by atoms with Gasteiger partial charge in [-0.2, -0.15) is 0 Å². The fraction of sp³-hybridized carbons (Fsp3) is 0.400. The predicted molar refractivity (Wildman–Crippen MR) is 100.0 cm³/mol. The lowest BCUT2D eigenvalue weighted by Crippen LogP contribution is -2.31. The van der Waals surface area contributed by atoms with E-state index < -0.39 is 0 Å². The lowest BCUT2D eigenvalue weighted by atomic mass is 10.1. The second-order valence-corrected chi connectivity index (χ2v) is 6.09. The Morgan fingerprint density at radius 1 is 1.08 bits per heavy atom. The number of halogens is 1. The highest BCUT2D eigenvalue weighted by Gasteiger charge is 2.11. The van der Waals surface area contributed by atoms with Crippen LogP contribution in [0.15, 0.2) is 42.5 Å². The molecule has 0 unspecified atom stereocenters. The molecule has 2 aromatic rings. The van der Waals surface area contributed by atoms with E-state index in [9.17, 15) is 9.50 Å². The van der Waals surface area contributed by atoms with Crippen LogP contribution in [0, 0.1) is 5.82 Å². The third-order valence-electron chi connectivity index (χ3n) is 3.81. The highest BCUT2D eigenvalue weighted by atomic mass is 19.1. The van der Waals surface area contributed by atoms with Crippen molar-refractivity contribution in [1.29, 1.82) is 0 Å². The lowest BCUT2D eigenvalue weighted by molar-refractivity contribution is 0.191. The topological polar surface area (TPSA) is 62.8 Å². The van der Waals surface area contributed by atoms with Crippen molar-refractivity contribution < 1.29 is 19.0 Å². The number of para-hydroxylation sites is 1. The first-order valence-corrected chi connectivity index (χ1v) is 8.72. The first-order valence-electron chi connectivity index (χ1n) is 8.72. The van der Waals surface area contributed by atoms with E-state index in [1.165, 1.54) is 12.1 Å². The van der Waals surface area contributed by atoms with Gasteiger partial charge >= 0.3 is 0 Å². The molecule has 0 aliphatic heterocycles. The van der Waals surface area contributed by atoms with E-state index in [-0.39, 0.29) is 11.9 Å². The van der Waals surface area contributed by atoms with Crippen LogP contribution in [0.25, 0.3) is 0 Å². The highest BCUT2D eigenvalue weighted by Crippen LogP contribution is 2.31. The summed E-state index contributed by atoms with van der Waals surface area (Å²) in [6, 6.07) is 12.0. The summed E-state index contributed by atoms with van der Waals surface area (Å²) in [7, 11) is 1.61. The number of hydrogen-bond acceptors (Lipinski definition) is 5. The van der Waals surface area contributed by atoms with Gasteiger partial charge in [0.2, 0.25) is 0 Å². The molecule has 5 nitrogen and oxygen atoms in total. The molecule has 0 amide bonds. The van der Waals surface area contributed by atoms with Gasteiger partial charge in [-0.05, 0) is 30.7 Å². The summed E-state index contributed by atoms with van der Waals surface area (Å²) >= 11 is 0. The molecule has 0 aliphatic rings. The molecule has 0 fully saturated rings. The number of ether oxygens (including phenoxy) is 2. The van der Waals surface area contributed by atoms with Gasteiger partial charge in [0.15, 0.2) is 11.5 Å². The van der Waals surface area contributed by atoms with Crippen LogP contribution in [0.4, 0.5) is 4.39 Å². The summed E-state index contributed by atoms with van der Waals surface area (Å²) in [6.07, 6.45) is -0.347. The Labute approximate surface area is 154 Å². The van der Waals surface area contributed by atoms with E-state index in [0.717, 1.165) is 24.2 Å². The minimum absolute atomic E-state index is 0.264. The molecule has 0 aromatic heterocycles. The van der Waals surface area contributed by atoms with E-state index in [4.69, 9.17) is 9.47 Å². The van der Waals surface area contributed by atoms with Crippen LogP contribution in [0.3, 0.4) is 0 Å². The Hall–Kier alpha value is -2.15. The molecule has 0 heterocycles. The molecular formula is C20H27FN2O3. The molecule has 0 saturated heterocycles. The van der Waals surface area contributed by atoms with Crippen LogP contribution in [-0.2, 0) is 13.2 Å². The van der Waals surface area contributed by atoms with Gasteiger partial charge in [0, 0.05) is 31.7 Å². The van der Waals surface area contributed by atoms with Crippen LogP contribution in [0.5, 0.6) is 11.5 Å². The number of rotatable bonds is 11. The maximum absolute atomic E-state index is 13.0. The first-order chi connectivity index (χ1) is 12.6. The predicted octanol–water partition coefficient (Wildman–Crippen LogP) is 2.47. The molecule has 142 valence electrons. The molecular weight excluding hydrogens is 335 g/mol. The van der Waals surface area contributed by atoms with Gasteiger partial charge in [0.25, 0.3) is 0 Å². The molecule has 2 rings (SSSR count). The van der Waals surface area contributed by atoms with Crippen LogP contribution in [0.2, 0.25) is 0 Å². The van der Waals surface area contributed by atoms with Crippen LogP contribution >= 0.6 is 0 Å². The average Bonchev–Trinajstić information content (AvgIpc) is 2.64. The van der Waals surface area contributed by atoms with Crippen LogP contribution in [0.1, 0.15) is 18.1 Å². The van der Waals surface area contributed by atoms with Crippen molar-refractivity contribution >= 4 is 0 Å². The van der Waals surface area contributed by atoms with Crippen molar-refractivity contribution in [1.82, 2.24) is 10.6 Å². The Morgan fingerprint density at radius 3 is 2.50 bits per heavy atom. The Balaban J connectivity index is 1.92. The minimum Gasteiger partial charge on any atom is -0.493 e. The number of methoxy groups -OCH3 is 1. The monoisotopic (exact) mass is 362 g/mol. The van der Waals surface area contributed by atoms with Crippen molar-refractivity contribution in [2.45, 2.75) is 26.2 Å². The first kappa shape index (κ1) is 20.2. The van der Waals surface area contributed by atoms with E-state index in [1.54, 1.807) is 26.2 Å². The Morgan fingerprint density at radius 2 is 1.81 bits per heavy atom. The van der Waals surface area contributed by atoms with Crippen LogP contribution < -0.4 is 20.1 Å². The SMILES string of the molecule is COc1cccc(CNCCNC[C@H](C)O)c1OCc1ccc(F)cc1. The minimum atomic E-state index is -0.347. The van der Waals surface area contributed by atoms with Gasteiger partial charge in [0.05, 0.1) is 13.2 Å².